The first-order valence-electron chi connectivity index (χ1n) is 12.9. The molecule has 1 aromatic carbocycles. The van der Waals surface area contributed by atoms with Gasteiger partial charge in [0, 0.05) is 30.5 Å². The number of hydrogen-bond donors (Lipinski definition) is 2. The molecule has 1 saturated carbocycles. The van der Waals surface area contributed by atoms with Gasteiger partial charge in [-0.3, -0.25) is 4.79 Å². The maximum atomic E-state index is 12.1. The van der Waals surface area contributed by atoms with Gasteiger partial charge in [-0.1, -0.05) is 32.4 Å². The first-order valence-corrected chi connectivity index (χ1v) is 12.9. The predicted molar refractivity (Wildman–Crippen MR) is 143 cm³/mol. The van der Waals surface area contributed by atoms with Crippen LogP contribution in [0.1, 0.15) is 76.6 Å². The van der Waals surface area contributed by atoms with E-state index in [9.17, 15) is 4.79 Å². The summed E-state index contributed by atoms with van der Waals surface area (Å²) in [6.07, 6.45) is 4.95. The van der Waals surface area contributed by atoms with Crippen molar-refractivity contribution in [3.8, 4) is 0 Å². The summed E-state index contributed by atoms with van der Waals surface area (Å²) in [7, 11) is 0. The lowest BCUT2D eigenvalue weighted by molar-refractivity contribution is -0.148. The average molecular weight is 469 g/mol. The quantitative estimate of drug-likeness (QED) is 0.352. The number of nitrogens with two attached hydrogens (primary N) is 1. The number of pyridine rings is 1. The van der Waals surface area contributed by atoms with Gasteiger partial charge >= 0.3 is 5.97 Å². The van der Waals surface area contributed by atoms with Gasteiger partial charge in [0.15, 0.2) is 5.82 Å². The van der Waals surface area contributed by atoms with Crippen LogP contribution in [0.3, 0.4) is 0 Å². The highest BCUT2D eigenvalue weighted by Crippen LogP contribution is 2.28. The summed E-state index contributed by atoms with van der Waals surface area (Å²) in [6.45, 7) is 14.1. The fraction of sp³-hybridized carbons (Fsp3) is 0.571. The van der Waals surface area contributed by atoms with Crippen molar-refractivity contribution in [3.05, 3.63) is 47.2 Å². The van der Waals surface area contributed by atoms with Crippen molar-refractivity contribution in [2.24, 2.45) is 5.92 Å². The van der Waals surface area contributed by atoms with Crippen molar-refractivity contribution in [2.45, 2.75) is 86.2 Å². The van der Waals surface area contributed by atoms with Crippen LogP contribution in [0.25, 0.3) is 0 Å². The van der Waals surface area contributed by atoms with Crippen molar-refractivity contribution >= 4 is 23.2 Å². The first-order chi connectivity index (χ1) is 16.4. The summed E-state index contributed by atoms with van der Waals surface area (Å²) in [5.74, 6) is 0.884. The van der Waals surface area contributed by atoms with Crippen molar-refractivity contribution in [1.82, 2.24) is 4.98 Å². The van der Waals surface area contributed by atoms with Crippen LogP contribution >= 0.6 is 0 Å². The molecular weight excluding hydrogens is 424 g/mol. The van der Waals surface area contributed by atoms with Gasteiger partial charge in [-0.05, 0) is 82.7 Å². The third-order valence-electron chi connectivity index (χ3n) is 6.34. The van der Waals surface area contributed by atoms with Gasteiger partial charge in [0.1, 0.15) is 0 Å². The van der Waals surface area contributed by atoms with Crippen LogP contribution in [0.2, 0.25) is 0 Å². The number of benzene rings is 1. The van der Waals surface area contributed by atoms with Gasteiger partial charge < -0.3 is 20.7 Å². The number of esters is 1. The Bertz CT molecular complexity index is 898. The summed E-state index contributed by atoms with van der Waals surface area (Å²) < 4.78 is 5.22. The zero-order valence-corrected chi connectivity index (χ0v) is 22.0. The normalized spacial score (nSPS) is 17.7. The van der Waals surface area contributed by atoms with Crippen LogP contribution in [0.15, 0.2) is 30.3 Å². The third kappa shape index (κ3) is 7.64. The molecule has 0 saturated heterocycles. The van der Waals surface area contributed by atoms with E-state index < -0.39 is 0 Å². The molecule has 2 aromatic rings. The highest BCUT2D eigenvalue weighted by molar-refractivity contribution is 5.72. The van der Waals surface area contributed by atoms with E-state index in [2.05, 4.69) is 41.4 Å². The Labute approximate surface area is 206 Å². The number of nitrogen functional groups attached to an aromatic ring is 1. The molecule has 1 aliphatic rings. The number of rotatable bonds is 8. The Morgan fingerprint density at radius 1 is 1.12 bits per heavy atom. The van der Waals surface area contributed by atoms with Crippen molar-refractivity contribution in [2.75, 3.05) is 29.1 Å². The van der Waals surface area contributed by atoms with Crippen molar-refractivity contribution < 1.29 is 9.53 Å². The molecule has 3 rings (SSSR count). The molecule has 1 aromatic heterocycles. The minimum Gasteiger partial charge on any atom is -0.466 e. The molecule has 1 heterocycles. The van der Waals surface area contributed by atoms with E-state index >= 15 is 0 Å². The molecule has 2 unspecified atom stereocenters. The highest BCUT2D eigenvalue weighted by atomic mass is 16.5. The molecule has 6 heteroatoms. The number of nitrogens with one attached hydrogen (secondary N) is 1. The van der Waals surface area contributed by atoms with Gasteiger partial charge in [0.05, 0.1) is 18.2 Å². The third-order valence-corrected chi connectivity index (χ3v) is 6.34. The van der Waals surface area contributed by atoms with Crippen LogP contribution in [-0.4, -0.2) is 30.1 Å². The first kappa shape index (κ1) is 27.5. The monoisotopic (exact) mass is 468 g/mol. The Morgan fingerprint density at radius 2 is 1.82 bits per heavy atom. The number of carbonyl (C=O) groups is 1. The minimum atomic E-state index is -0.0306. The number of carbonyl (C=O) groups excluding carboxylic acids is 1. The minimum absolute atomic E-state index is 0.0306. The van der Waals surface area contributed by atoms with Crippen LogP contribution in [0, 0.1) is 19.8 Å². The number of nitrogens with zero attached hydrogens (tertiary/aromatic N) is 2. The molecule has 0 bridgehead atoms. The molecule has 1 aliphatic carbocycles. The van der Waals surface area contributed by atoms with E-state index in [1.807, 2.05) is 40.7 Å². The van der Waals surface area contributed by atoms with E-state index in [4.69, 9.17) is 15.5 Å². The van der Waals surface area contributed by atoms with E-state index in [1.54, 1.807) is 0 Å². The summed E-state index contributed by atoms with van der Waals surface area (Å²) in [4.78, 5) is 19.0. The average Bonchev–Trinajstić information content (AvgIpc) is 3.08. The number of hydrogen-bond acceptors (Lipinski definition) is 6. The van der Waals surface area contributed by atoms with E-state index in [-0.39, 0.29) is 11.9 Å². The molecule has 0 spiro atoms. The van der Waals surface area contributed by atoms with Crippen molar-refractivity contribution in [1.29, 1.82) is 0 Å². The zero-order chi connectivity index (χ0) is 25.1. The molecule has 188 valence electrons. The largest absolute Gasteiger partial charge is 0.466 e. The van der Waals surface area contributed by atoms with E-state index in [0.29, 0.717) is 12.6 Å². The van der Waals surface area contributed by atoms with E-state index in [0.717, 1.165) is 73.6 Å². The van der Waals surface area contributed by atoms with Crippen LogP contribution in [-0.2, 0) is 16.1 Å². The van der Waals surface area contributed by atoms with Gasteiger partial charge in [-0.15, -0.1) is 0 Å². The maximum absolute atomic E-state index is 12.1. The Morgan fingerprint density at radius 3 is 2.47 bits per heavy atom. The molecule has 0 amide bonds. The van der Waals surface area contributed by atoms with Gasteiger partial charge in [-0.2, -0.15) is 0 Å². The van der Waals surface area contributed by atoms with Gasteiger partial charge in [0.25, 0.3) is 0 Å². The second-order valence-electron chi connectivity index (χ2n) is 8.83. The molecule has 2 atom stereocenters. The van der Waals surface area contributed by atoms with Gasteiger partial charge in [0.2, 0.25) is 0 Å². The lowest BCUT2D eigenvalue weighted by Gasteiger charge is -2.25. The lowest BCUT2D eigenvalue weighted by atomic mass is 10.0. The van der Waals surface area contributed by atoms with Crippen LogP contribution in [0.4, 0.5) is 17.2 Å². The fourth-order valence-corrected chi connectivity index (χ4v) is 4.51. The van der Waals surface area contributed by atoms with Gasteiger partial charge in [-0.25, -0.2) is 4.98 Å². The van der Waals surface area contributed by atoms with Crippen molar-refractivity contribution in [3.63, 3.8) is 0 Å². The fourth-order valence-electron chi connectivity index (χ4n) is 4.51. The molecule has 3 N–H and O–H groups in total. The molecule has 34 heavy (non-hydrogen) atoms. The molecular formula is C28H44N4O2. The summed E-state index contributed by atoms with van der Waals surface area (Å²) >= 11 is 0. The number of anilines is 3. The predicted octanol–water partition coefficient (Wildman–Crippen LogP) is 6.26. The summed E-state index contributed by atoms with van der Waals surface area (Å²) in [5, 5.41) is 3.66. The standard InChI is InChI=1S/C26H38N4O2.C2H6/c1-5-30(25-24(27)18(3)16-19(4)28-25)17-20-10-13-23(14-11-20)29-22-9-7-8-21(12-15-22)26(31)32-6-2;1-2/h10-11,13-14,16,21-22,29H,5-9,12,15,17,27H2,1-4H3;1-2H3. The summed E-state index contributed by atoms with van der Waals surface area (Å²) in [5.41, 5.74) is 11.5. The number of aryl methyl sites for hydroxylation is 2. The topological polar surface area (TPSA) is 80.5 Å². The second-order valence-corrected chi connectivity index (χ2v) is 8.83. The Balaban J connectivity index is 0.00000199. The SMILES string of the molecule is CC.CCOC(=O)C1CCCC(Nc2ccc(CN(CC)c3nc(C)cc(C)c3N)cc2)CC1. The highest BCUT2D eigenvalue weighted by Gasteiger charge is 2.25. The second kappa shape index (κ2) is 13.8. The summed E-state index contributed by atoms with van der Waals surface area (Å²) in [6, 6.07) is 11.1. The smallest absolute Gasteiger partial charge is 0.308 e. The number of ether oxygens (including phenoxy) is 1. The van der Waals surface area contributed by atoms with E-state index in [1.165, 1.54) is 5.56 Å². The molecule has 0 aliphatic heterocycles. The Kier molecular flexibility index (Phi) is 11.2. The molecule has 1 fully saturated rings. The number of aromatic nitrogens is 1. The maximum Gasteiger partial charge on any atom is 0.308 e. The Hall–Kier alpha value is -2.76. The molecule has 0 radical (unpaired) electrons. The van der Waals surface area contributed by atoms with Crippen LogP contribution < -0.4 is 16.0 Å². The zero-order valence-electron chi connectivity index (χ0n) is 22.0. The lowest BCUT2D eigenvalue weighted by Crippen LogP contribution is -2.25. The molecule has 6 nitrogen and oxygen atoms in total. The van der Waals surface area contributed by atoms with Crippen LogP contribution in [0.5, 0.6) is 0 Å².